The van der Waals surface area contributed by atoms with Gasteiger partial charge in [0, 0.05) is 30.2 Å². The molecule has 1 aliphatic rings. The van der Waals surface area contributed by atoms with Crippen LogP contribution in [0.25, 0.3) is 0 Å². The molecule has 2 unspecified atom stereocenters. The fourth-order valence-corrected chi connectivity index (χ4v) is 4.51. The third-order valence-corrected chi connectivity index (χ3v) is 6.08. The van der Waals surface area contributed by atoms with Crippen LogP contribution >= 0.6 is 11.6 Å². The largest absolute Gasteiger partial charge is 0.311 e. The fraction of sp³-hybridized carbons (Fsp3) is 0.571. The molecule has 0 bridgehead atoms. The van der Waals surface area contributed by atoms with Gasteiger partial charge in [0.2, 0.25) is 10.0 Å². The highest BCUT2D eigenvalue weighted by atomic mass is 35.5. The Morgan fingerprint density at radius 3 is 2.67 bits per heavy atom. The summed E-state index contributed by atoms with van der Waals surface area (Å²) in [5.74, 6) is -0.802. The Hall–Kier alpha value is -0.690. The van der Waals surface area contributed by atoms with Crippen LogP contribution in [0.15, 0.2) is 23.1 Å². The first-order valence-corrected chi connectivity index (χ1v) is 8.92. The molecule has 1 aliphatic heterocycles. The van der Waals surface area contributed by atoms with E-state index in [0.29, 0.717) is 19.5 Å². The van der Waals surface area contributed by atoms with Gasteiger partial charge in [-0.05, 0) is 31.0 Å². The molecule has 0 aromatic heterocycles. The lowest BCUT2D eigenvalue weighted by molar-refractivity contribution is 0.215. The van der Waals surface area contributed by atoms with Gasteiger partial charge in [-0.15, -0.1) is 0 Å². The number of nitrogens with zero attached hydrogens (tertiary/aromatic N) is 1. The minimum Gasteiger partial charge on any atom is -0.311 e. The van der Waals surface area contributed by atoms with Crippen molar-refractivity contribution in [3.8, 4) is 0 Å². The summed E-state index contributed by atoms with van der Waals surface area (Å²) in [6, 6.07) is 3.61. The highest BCUT2D eigenvalue weighted by Crippen LogP contribution is 2.26. The standard InChI is InChI=1S/C14H20ClFN2O2S/c1-3-11-9-18(12(4-2)8-17-11)21(19,20)14-6-5-10(15)7-13(14)16/h5-7,11-12,17H,3-4,8-9H2,1-2H3. The maximum Gasteiger partial charge on any atom is 0.246 e. The third kappa shape index (κ3) is 3.39. The second kappa shape index (κ2) is 6.60. The molecule has 0 amide bonds. The van der Waals surface area contributed by atoms with Gasteiger partial charge in [0.15, 0.2) is 0 Å². The Morgan fingerprint density at radius 1 is 1.38 bits per heavy atom. The minimum atomic E-state index is -3.85. The molecule has 0 saturated carbocycles. The fourth-order valence-electron chi connectivity index (χ4n) is 2.56. The number of hydrogen-bond donors (Lipinski definition) is 1. The monoisotopic (exact) mass is 334 g/mol. The van der Waals surface area contributed by atoms with Crippen LogP contribution in [0.3, 0.4) is 0 Å². The summed E-state index contributed by atoms with van der Waals surface area (Å²) in [5.41, 5.74) is 0. The van der Waals surface area contributed by atoms with Crippen LogP contribution < -0.4 is 5.32 Å². The van der Waals surface area contributed by atoms with Gasteiger partial charge in [-0.1, -0.05) is 25.4 Å². The van der Waals surface area contributed by atoms with Crippen LogP contribution in [0, 0.1) is 5.82 Å². The molecule has 1 heterocycles. The second-order valence-electron chi connectivity index (χ2n) is 5.22. The lowest BCUT2D eigenvalue weighted by Gasteiger charge is -2.38. The molecule has 118 valence electrons. The lowest BCUT2D eigenvalue weighted by atomic mass is 10.1. The van der Waals surface area contributed by atoms with E-state index in [9.17, 15) is 12.8 Å². The van der Waals surface area contributed by atoms with Crippen molar-refractivity contribution in [2.24, 2.45) is 0 Å². The van der Waals surface area contributed by atoms with Gasteiger partial charge in [-0.3, -0.25) is 0 Å². The molecule has 2 atom stereocenters. The molecular weight excluding hydrogens is 315 g/mol. The molecule has 1 saturated heterocycles. The molecule has 0 aliphatic carbocycles. The SMILES string of the molecule is CCC1CN(S(=O)(=O)c2ccc(Cl)cc2F)C(CC)CN1. The maximum absolute atomic E-state index is 14.0. The molecule has 0 spiro atoms. The number of halogens is 2. The quantitative estimate of drug-likeness (QED) is 0.921. The maximum atomic E-state index is 14.0. The summed E-state index contributed by atoms with van der Waals surface area (Å²) in [4.78, 5) is -0.304. The summed E-state index contributed by atoms with van der Waals surface area (Å²) in [7, 11) is -3.85. The molecule has 1 fully saturated rings. The second-order valence-corrected chi connectivity index (χ2v) is 7.52. The van der Waals surface area contributed by atoms with E-state index in [1.807, 2.05) is 13.8 Å². The Morgan fingerprint density at radius 2 is 2.10 bits per heavy atom. The number of benzene rings is 1. The van der Waals surface area contributed by atoms with Crippen LogP contribution in [0.2, 0.25) is 5.02 Å². The summed E-state index contributed by atoms with van der Waals surface area (Å²) in [5, 5.41) is 3.51. The van der Waals surface area contributed by atoms with Crippen molar-refractivity contribution >= 4 is 21.6 Å². The van der Waals surface area contributed by atoms with Crippen molar-refractivity contribution in [2.75, 3.05) is 13.1 Å². The first-order chi connectivity index (χ1) is 9.90. The molecule has 1 N–H and O–H groups in total. The van der Waals surface area contributed by atoms with Crippen molar-refractivity contribution in [1.29, 1.82) is 0 Å². The topological polar surface area (TPSA) is 49.4 Å². The predicted molar refractivity (Wildman–Crippen MR) is 81.5 cm³/mol. The van der Waals surface area contributed by atoms with Crippen molar-refractivity contribution in [1.82, 2.24) is 9.62 Å². The third-order valence-electron chi connectivity index (χ3n) is 3.89. The highest BCUT2D eigenvalue weighted by Gasteiger charge is 2.36. The molecule has 1 aromatic carbocycles. The van der Waals surface area contributed by atoms with Crippen molar-refractivity contribution in [2.45, 2.75) is 43.7 Å². The summed E-state index contributed by atoms with van der Waals surface area (Å²) in [6.45, 7) is 4.87. The Bertz CT molecular complexity index is 609. The first kappa shape index (κ1) is 16.7. The van der Waals surface area contributed by atoms with Gasteiger partial charge in [-0.2, -0.15) is 4.31 Å². The zero-order chi connectivity index (χ0) is 15.6. The molecular formula is C14H20ClFN2O2S. The minimum absolute atomic E-state index is 0.0953. The van der Waals surface area contributed by atoms with Crippen LogP contribution in [0.4, 0.5) is 4.39 Å². The van der Waals surface area contributed by atoms with Gasteiger partial charge in [0.25, 0.3) is 0 Å². The van der Waals surface area contributed by atoms with Crippen LogP contribution in [0.5, 0.6) is 0 Å². The predicted octanol–water partition coefficient (Wildman–Crippen LogP) is 2.63. The average Bonchev–Trinajstić information content (AvgIpc) is 2.46. The number of sulfonamides is 1. The van der Waals surface area contributed by atoms with E-state index >= 15 is 0 Å². The molecule has 7 heteroatoms. The van der Waals surface area contributed by atoms with E-state index in [1.165, 1.54) is 16.4 Å². The average molecular weight is 335 g/mol. The van der Waals surface area contributed by atoms with Gasteiger partial charge < -0.3 is 5.32 Å². The van der Waals surface area contributed by atoms with Gasteiger partial charge in [-0.25, -0.2) is 12.8 Å². The molecule has 0 radical (unpaired) electrons. The van der Waals surface area contributed by atoms with E-state index in [4.69, 9.17) is 11.6 Å². The molecule has 2 rings (SSSR count). The van der Waals surface area contributed by atoms with E-state index in [2.05, 4.69) is 5.32 Å². The van der Waals surface area contributed by atoms with E-state index in [0.717, 1.165) is 12.5 Å². The smallest absolute Gasteiger partial charge is 0.246 e. The zero-order valence-corrected chi connectivity index (χ0v) is 13.7. The van der Waals surface area contributed by atoms with E-state index in [1.54, 1.807) is 0 Å². The van der Waals surface area contributed by atoms with Gasteiger partial charge in [0.1, 0.15) is 10.7 Å². The molecule has 1 aromatic rings. The van der Waals surface area contributed by atoms with Crippen molar-refractivity contribution < 1.29 is 12.8 Å². The van der Waals surface area contributed by atoms with Gasteiger partial charge in [0.05, 0.1) is 0 Å². The van der Waals surface area contributed by atoms with Gasteiger partial charge >= 0.3 is 0 Å². The van der Waals surface area contributed by atoms with Crippen molar-refractivity contribution in [3.05, 3.63) is 29.0 Å². The van der Waals surface area contributed by atoms with E-state index < -0.39 is 15.8 Å². The lowest BCUT2D eigenvalue weighted by Crippen LogP contribution is -2.57. The number of hydrogen-bond acceptors (Lipinski definition) is 3. The normalized spacial score (nSPS) is 24.2. The summed E-state index contributed by atoms with van der Waals surface area (Å²) < 4.78 is 41.0. The highest BCUT2D eigenvalue weighted by molar-refractivity contribution is 7.89. The first-order valence-electron chi connectivity index (χ1n) is 7.10. The molecule has 4 nitrogen and oxygen atoms in total. The van der Waals surface area contributed by atoms with Crippen molar-refractivity contribution in [3.63, 3.8) is 0 Å². The molecule has 21 heavy (non-hydrogen) atoms. The number of nitrogens with one attached hydrogen (secondary N) is 1. The Kier molecular flexibility index (Phi) is 5.24. The van der Waals surface area contributed by atoms with Crippen LogP contribution in [0.1, 0.15) is 26.7 Å². The Balaban J connectivity index is 2.40. The Labute approximate surface area is 130 Å². The number of piperazine rings is 1. The van der Waals surface area contributed by atoms with Crippen LogP contribution in [-0.2, 0) is 10.0 Å². The van der Waals surface area contributed by atoms with Crippen LogP contribution in [-0.4, -0.2) is 37.9 Å². The van der Waals surface area contributed by atoms with E-state index in [-0.39, 0.29) is 22.0 Å². The summed E-state index contributed by atoms with van der Waals surface area (Å²) >= 11 is 5.70. The number of rotatable bonds is 4. The summed E-state index contributed by atoms with van der Waals surface area (Å²) in [6.07, 6.45) is 1.50. The zero-order valence-electron chi connectivity index (χ0n) is 12.1.